The molecule has 0 spiro atoms. The normalized spacial score (nSPS) is 11.7. The Balaban J connectivity index is 1.50. The van der Waals surface area contributed by atoms with Crippen molar-refractivity contribution in [2.45, 2.75) is 12.6 Å². The van der Waals surface area contributed by atoms with Crippen LogP contribution in [-0.2, 0) is 32.2 Å². The molecule has 0 radical (unpaired) electrons. The first-order valence-electron chi connectivity index (χ1n) is 12.0. The maximum atomic E-state index is 13.1. The van der Waals surface area contributed by atoms with Crippen LogP contribution < -0.4 is 19.8 Å². The Bertz CT molecular complexity index is 1490. The van der Waals surface area contributed by atoms with Gasteiger partial charge in [0.15, 0.2) is 6.61 Å². The van der Waals surface area contributed by atoms with Crippen LogP contribution in [0, 0.1) is 0 Å². The van der Waals surface area contributed by atoms with Crippen LogP contribution >= 0.6 is 11.6 Å². The van der Waals surface area contributed by atoms with Gasteiger partial charge in [0.2, 0.25) is 10.0 Å². The first kappa shape index (κ1) is 31.4. The van der Waals surface area contributed by atoms with Crippen molar-refractivity contribution in [1.82, 2.24) is 10.7 Å². The van der Waals surface area contributed by atoms with Crippen LogP contribution in [0.5, 0.6) is 5.75 Å². The molecule has 0 aliphatic heterocycles. The minimum atomic E-state index is -4.75. The fraction of sp³-hybridized carbons (Fsp3) is 0.222. The molecule has 3 aromatic carbocycles. The Morgan fingerprint density at radius 1 is 1.02 bits per heavy atom. The largest absolute Gasteiger partial charge is 0.484 e. The second-order valence-corrected chi connectivity index (χ2v) is 11.0. The maximum absolute atomic E-state index is 13.1. The van der Waals surface area contributed by atoms with Crippen LogP contribution in [0.4, 0.5) is 18.9 Å². The molecule has 218 valence electrons. The number of alkyl halides is 3. The van der Waals surface area contributed by atoms with Gasteiger partial charge in [-0.2, -0.15) is 18.3 Å². The van der Waals surface area contributed by atoms with E-state index in [1.807, 2.05) is 30.3 Å². The number of nitrogens with one attached hydrogen (secondary N) is 2. The van der Waals surface area contributed by atoms with Gasteiger partial charge in [0.25, 0.3) is 11.8 Å². The Kier molecular flexibility index (Phi) is 10.7. The van der Waals surface area contributed by atoms with Gasteiger partial charge in [-0.25, -0.2) is 13.8 Å². The zero-order valence-electron chi connectivity index (χ0n) is 21.7. The van der Waals surface area contributed by atoms with E-state index in [1.165, 1.54) is 6.21 Å². The highest BCUT2D eigenvalue weighted by molar-refractivity contribution is 7.92. The number of amides is 2. The van der Waals surface area contributed by atoms with Gasteiger partial charge in [0.1, 0.15) is 12.3 Å². The molecule has 0 unspecified atom stereocenters. The van der Waals surface area contributed by atoms with E-state index in [2.05, 4.69) is 15.8 Å². The van der Waals surface area contributed by atoms with E-state index in [1.54, 1.807) is 24.3 Å². The van der Waals surface area contributed by atoms with E-state index in [0.717, 1.165) is 17.9 Å². The van der Waals surface area contributed by atoms with E-state index < -0.39 is 39.9 Å². The van der Waals surface area contributed by atoms with Gasteiger partial charge >= 0.3 is 6.18 Å². The van der Waals surface area contributed by atoms with Gasteiger partial charge < -0.3 is 10.1 Å². The summed E-state index contributed by atoms with van der Waals surface area (Å²) in [7, 11) is -4.18. The number of carbonyl (C=O) groups is 2. The van der Waals surface area contributed by atoms with E-state index in [0.29, 0.717) is 40.7 Å². The number of sulfonamides is 1. The highest BCUT2D eigenvalue weighted by Gasteiger charge is 2.33. The Labute approximate surface area is 240 Å². The van der Waals surface area contributed by atoms with Crippen molar-refractivity contribution < 1.29 is 35.9 Å². The van der Waals surface area contributed by atoms with Crippen LogP contribution in [-0.4, -0.2) is 52.4 Å². The second-order valence-electron chi connectivity index (χ2n) is 8.67. The fourth-order valence-corrected chi connectivity index (χ4v) is 4.58. The SMILES string of the molecule is CS(=O)(=O)N(CC(=O)NN=Cc1ccc(OCC(=O)NCCc2ccccc2)cc1)c1cc(C(F)(F)F)ccc1Cl. The minimum Gasteiger partial charge on any atom is -0.484 e. The van der Waals surface area contributed by atoms with E-state index in [9.17, 15) is 31.2 Å². The van der Waals surface area contributed by atoms with Crippen LogP contribution in [0.1, 0.15) is 16.7 Å². The molecule has 14 heteroatoms. The fourth-order valence-electron chi connectivity index (χ4n) is 3.45. The number of benzene rings is 3. The van der Waals surface area contributed by atoms with Crippen molar-refractivity contribution in [2.24, 2.45) is 5.10 Å². The first-order valence-corrected chi connectivity index (χ1v) is 14.3. The minimum absolute atomic E-state index is 0.176. The molecule has 3 aromatic rings. The molecule has 0 heterocycles. The van der Waals surface area contributed by atoms with Crippen molar-refractivity contribution in [3.63, 3.8) is 0 Å². The number of anilines is 1. The third-order valence-electron chi connectivity index (χ3n) is 5.46. The van der Waals surface area contributed by atoms with E-state index in [4.69, 9.17) is 16.3 Å². The molecule has 2 N–H and O–H groups in total. The molecule has 9 nitrogen and oxygen atoms in total. The number of hydrazone groups is 1. The molecule has 0 aliphatic rings. The van der Waals surface area contributed by atoms with Gasteiger partial charge in [-0.15, -0.1) is 0 Å². The van der Waals surface area contributed by atoms with Crippen molar-refractivity contribution in [3.05, 3.63) is 94.5 Å². The molecule has 0 saturated heterocycles. The number of carbonyl (C=O) groups excluding carboxylic acids is 2. The Hall–Kier alpha value is -4.10. The topological polar surface area (TPSA) is 117 Å². The lowest BCUT2D eigenvalue weighted by Crippen LogP contribution is -2.39. The number of nitrogens with zero attached hydrogens (tertiary/aromatic N) is 2. The van der Waals surface area contributed by atoms with Gasteiger partial charge in [0.05, 0.1) is 28.7 Å². The summed E-state index contributed by atoms with van der Waals surface area (Å²) in [6.07, 6.45) is -2.05. The highest BCUT2D eigenvalue weighted by atomic mass is 35.5. The zero-order valence-corrected chi connectivity index (χ0v) is 23.3. The Morgan fingerprint density at radius 3 is 2.34 bits per heavy atom. The lowest BCUT2D eigenvalue weighted by Gasteiger charge is -2.23. The van der Waals surface area contributed by atoms with Crippen LogP contribution in [0.2, 0.25) is 5.02 Å². The molecule has 3 rings (SSSR count). The zero-order chi connectivity index (χ0) is 30.0. The summed E-state index contributed by atoms with van der Waals surface area (Å²) in [5, 5.41) is 6.24. The summed E-state index contributed by atoms with van der Waals surface area (Å²) >= 11 is 5.95. The van der Waals surface area contributed by atoms with Crippen molar-refractivity contribution >= 4 is 45.3 Å². The monoisotopic (exact) mass is 610 g/mol. The third-order valence-corrected chi connectivity index (χ3v) is 6.91. The van der Waals surface area contributed by atoms with Gasteiger partial charge in [-0.1, -0.05) is 41.9 Å². The first-order chi connectivity index (χ1) is 19.3. The second kappa shape index (κ2) is 14.0. The third kappa shape index (κ3) is 10.1. The molecule has 0 fully saturated rings. The predicted octanol–water partition coefficient (Wildman–Crippen LogP) is 4.01. The average molecular weight is 611 g/mol. The van der Waals surface area contributed by atoms with Crippen LogP contribution in [0.25, 0.3) is 0 Å². The molecule has 0 aromatic heterocycles. The van der Waals surface area contributed by atoms with Crippen LogP contribution in [0.15, 0.2) is 77.9 Å². The number of halogens is 4. The summed E-state index contributed by atoms with van der Waals surface area (Å²) in [6.45, 7) is -0.565. The maximum Gasteiger partial charge on any atom is 0.416 e. The lowest BCUT2D eigenvalue weighted by molar-refractivity contribution is -0.137. The number of hydrogen-bond acceptors (Lipinski definition) is 6. The van der Waals surface area contributed by atoms with Crippen molar-refractivity contribution in [3.8, 4) is 5.75 Å². The van der Waals surface area contributed by atoms with Gasteiger partial charge in [-0.3, -0.25) is 13.9 Å². The standard InChI is InChI=1S/C27H26ClF3N4O5S/c1-41(38,39)35(24-15-21(27(29,30)31)9-12-23(24)28)17-25(36)34-33-16-20-7-10-22(11-8-20)40-18-26(37)32-14-13-19-5-3-2-4-6-19/h2-12,15-16H,13-14,17-18H2,1H3,(H,32,37)(H,34,36). The Morgan fingerprint density at radius 2 is 1.71 bits per heavy atom. The summed E-state index contributed by atoms with van der Waals surface area (Å²) in [5.41, 5.74) is 2.15. The van der Waals surface area contributed by atoms with Gasteiger partial charge in [-0.05, 0) is 60.0 Å². The summed E-state index contributed by atoms with van der Waals surface area (Å²) in [5.74, 6) is -0.770. The summed E-state index contributed by atoms with van der Waals surface area (Å²) < 4.78 is 69.8. The molecule has 0 bridgehead atoms. The lowest BCUT2D eigenvalue weighted by atomic mass is 10.1. The van der Waals surface area contributed by atoms with E-state index in [-0.39, 0.29) is 17.5 Å². The summed E-state index contributed by atoms with van der Waals surface area (Å²) in [6, 6.07) is 18.2. The quantitative estimate of drug-likeness (QED) is 0.237. The molecule has 0 aliphatic carbocycles. The molecule has 2 amide bonds. The van der Waals surface area contributed by atoms with E-state index >= 15 is 0 Å². The molecule has 41 heavy (non-hydrogen) atoms. The smallest absolute Gasteiger partial charge is 0.416 e. The average Bonchev–Trinajstić information content (AvgIpc) is 2.91. The molecule has 0 saturated carbocycles. The van der Waals surface area contributed by atoms with Gasteiger partial charge in [0, 0.05) is 6.54 Å². The highest BCUT2D eigenvalue weighted by Crippen LogP contribution is 2.36. The summed E-state index contributed by atoms with van der Waals surface area (Å²) in [4.78, 5) is 24.4. The predicted molar refractivity (Wildman–Crippen MR) is 149 cm³/mol. The van der Waals surface area contributed by atoms with Crippen molar-refractivity contribution in [1.29, 1.82) is 0 Å². The van der Waals surface area contributed by atoms with Crippen LogP contribution in [0.3, 0.4) is 0 Å². The molecular formula is C27H26ClF3N4O5S. The number of rotatable bonds is 12. The number of hydrogen-bond donors (Lipinski definition) is 2. The van der Waals surface area contributed by atoms with Crippen molar-refractivity contribution in [2.75, 3.05) is 30.3 Å². The molecular weight excluding hydrogens is 585 g/mol. The number of ether oxygens (including phenoxy) is 1. The molecule has 0 atom stereocenters.